The molecule has 4 amide bonds. The average molecular weight is 366 g/mol. The van der Waals surface area contributed by atoms with Crippen LogP contribution in [-0.4, -0.2) is 35.3 Å². The molecule has 1 aliphatic rings. The van der Waals surface area contributed by atoms with Gasteiger partial charge in [0.05, 0.1) is 0 Å². The van der Waals surface area contributed by atoms with Crippen LogP contribution in [0.4, 0.5) is 16.2 Å². The fraction of sp³-hybridized carbons (Fsp3) is 0.250. The number of carbonyl (C=O) groups is 3. The first-order valence-corrected chi connectivity index (χ1v) is 8.75. The van der Waals surface area contributed by atoms with Gasteiger partial charge < -0.3 is 16.4 Å². The summed E-state index contributed by atoms with van der Waals surface area (Å²) in [5.41, 5.74) is 8.88. The Hall–Kier alpha value is -3.35. The quantitative estimate of drug-likeness (QED) is 0.537. The lowest BCUT2D eigenvalue weighted by atomic mass is 10.0. The van der Waals surface area contributed by atoms with E-state index in [1.54, 1.807) is 30.3 Å². The third-order valence-corrected chi connectivity index (χ3v) is 4.40. The molecule has 0 aliphatic carbocycles. The maximum Gasteiger partial charge on any atom is 0.324 e. The van der Waals surface area contributed by atoms with Crippen molar-refractivity contribution >= 4 is 29.2 Å². The minimum atomic E-state index is -0.600. The first-order valence-electron chi connectivity index (χ1n) is 8.75. The molecule has 4 N–H and O–H groups in total. The third-order valence-electron chi connectivity index (χ3n) is 4.40. The number of rotatable bonds is 6. The molecule has 0 aromatic heterocycles. The zero-order chi connectivity index (χ0) is 19.4. The second kappa shape index (κ2) is 7.90. The highest BCUT2D eigenvalue weighted by molar-refractivity contribution is 6.04. The van der Waals surface area contributed by atoms with Crippen LogP contribution in [0.1, 0.15) is 18.1 Å². The number of nitrogens with two attached hydrogens (primary N) is 1. The fourth-order valence-corrected chi connectivity index (χ4v) is 3.07. The third kappa shape index (κ3) is 4.63. The van der Waals surface area contributed by atoms with Gasteiger partial charge in [-0.25, -0.2) is 4.79 Å². The Morgan fingerprint density at radius 1 is 1.15 bits per heavy atom. The lowest BCUT2D eigenvalue weighted by Gasteiger charge is -2.13. The fourth-order valence-electron chi connectivity index (χ4n) is 3.07. The summed E-state index contributed by atoms with van der Waals surface area (Å²) in [4.78, 5) is 37.2. The van der Waals surface area contributed by atoms with E-state index >= 15 is 0 Å². The van der Waals surface area contributed by atoms with E-state index in [4.69, 9.17) is 5.73 Å². The van der Waals surface area contributed by atoms with E-state index in [-0.39, 0.29) is 17.8 Å². The van der Waals surface area contributed by atoms with E-state index in [0.29, 0.717) is 30.8 Å². The summed E-state index contributed by atoms with van der Waals surface area (Å²) in [7, 11) is 0. The molecule has 3 rings (SSSR count). The van der Waals surface area contributed by atoms with Crippen LogP contribution >= 0.6 is 0 Å². The van der Waals surface area contributed by atoms with Crippen LogP contribution in [0.3, 0.4) is 0 Å². The molecule has 2 aromatic carbocycles. The van der Waals surface area contributed by atoms with E-state index in [0.717, 1.165) is 11.1 Å². The summed E-state index contributed by atoms with van der Waals surface area (Å²) >= 11 is 0. The lowest BCUT2D eigenvalue weighted by Crippen LogP contribution is -2.33. The molecule has 7 nitrogen and oxygen atoms in total. The topological polar surface area (TPSA) is 105 Å². The molecule has 0 spiro atoms. The summed E-state index contributed by atoms with van der Waals surface area (Å²) in [6.45, 7) is 1.75. The van der Waals surface area contributed by atoms with Gasteiger partial charge >= 0.3 is 6.03 Å². The number of carbonyl (C=O) groups excluding carboxylic acids is 3. The van der Waals surface area contributed by atoms with Crippen molar-refractivity contribution in [1.29, 1.82) is 0 Å². The van der Waals surface area contributed by atoms with Gasteiger partial charge in [0.1, 0.15) is 6.04 Å². The smallest absolute Gasteiger partial charge is 0.324 e. The molecule has 1 unspecified atom stereocenters. The van der Waals surface area contributed by atoms with Gasteiger partial charge in [-0.05, 0) is 41.8 Å². The van der Waals surface area contributed by atoms with Crippen LogP contribution < -0.4 is 16.4 Å². The number of nitrogens with one attached hydrogen (secondary N) is 2. The van der Waals surface area contributed by atoms with Gasteiger partial charge in [-0.2, -0.15) is 0 Å². The van der Waals surface area contributed by atoms with Crippen molar-refractivity contribution in [3.05, 3.63) is 59.7 Å². The summed E-state index contributed by atoms with van der Waals surface area (Å²) < 4.78 is 0. The van der Waals surface area contributed by atoms with Crippen molar-refractivity contribution in [2.45, 2.75) is 25.8 Å². The Labute approximate surface area is 157 Å². The highest BCUT2D eigenvalue weighted by atomic mass is 16.2. The second-order valence-corrected chi connectivity index (χ2v) is 6.57. The van der Waals surface area contributed by atoms with Crippen molar-refractivity contribution < 1.29 is 14.4 Å². The summed E-state index contributed by atoms with van der Waals surface area (Å²) in [5.74, 6) is -0.397. The molecule has 140 valence electrons. The summed E-state index contributed by atoms with van der Waals surface area (Å²) in [6.07, 6.45) is 0.945. The minimum Gasteiger partial charge on any atom is -0.399 e. The molecular formula is C20H22N4O3. The number of nitrogen functional groups attached to an aromatic ring is 1. The van der Waals surface area contributed by atoms with Gasteiger partial charge in [0.25, 0.3) is 5.91 Å². The highest BCUT2D eigenvalue weighted by Gasteiger charge is 2.37. The number of benzene rings is 2. The highest BCUT2D eigenvalue weighted by Crippen LogP contribution is 2.17. The van der Waals surface area contributed by atoms with Gasteiger partial charge in [0.2, 0.25) is 5.91 Å². The molecule has 1 heterocycles. The van der Waals surface area contributed by atoms with E-state index < -0.39 is 6.04 Å². The number of hydrogen-bond donors (Lipinski definition) is 3. The van der Waals surface area contributed by atoms with Gasteiger partial charge in [0.15, 0.2) is 0 Å². The maximum absolute atomic E-state index is 12.6. The first-order chi connectivity index (χ1) is 12.9. The van der Waals surface area contributed by atoms with Crippen molar-refractivity contribution in [2.24, 2.45) is 0 Å². The molecule has 2 aromatic rings. The summed E-state index contributed by atoms with van der Waals surface area (Å²) in [5, 5.41) is 5.45. The first kappa shape index (κ1) is 18.4. The van der Waals surface area contributed by atoms with E-state index in [1.165, 1.54) is 11.8 Å². The predicted octanol–water partition coefficient (Wildman–Crippen LogP) is 1.93. The second-order valence-electron chi connectivity index (χ2n) is 6.57. The van der Waals surface area contributed by atoms with Crippen LogP contribution in [0.5, 0.6) is 0 Å². The molecule has 0 bridgehead atoms. The van der Waals surface area contributed by atoms with Crippen LogP contribution in [-0.2, 0) is 22.4 Å². The lowest BCUT2D eigenvalue weighted by molar-refractivity contribution is -0.127. The Kier molecular flexibility index (Phi) is 5.40. The average Bonchev–Trinajstić information content (AvgIpc) is 2.88. The molecule has 7 heteroatoms. The molecule has 1 saturated heterocycles. The monoisotopic (exact) mass is 366 g/mol. The maximum atomic E-state index is 12.6. The van der Waals surface area contributed by atoms with E-state index in [2.05, 4.69) is 10.6 Å². The van der Waals surface area contributed by atoms with Gasteiger partial charge in [-0.1, -0.05) is 24.3 Å². The number of hydrogen-bond acceptors (Lipinski definition) is 4. The van der Waals surface area contributed by atoms with Gasteiger partial charge in [-0.3, -0.25) is 14.5 Å². The zero-order valence-corrected chi connectivity index (χ0v) is 15.1. The Balaban J connectivity index is 1.62. The standard InChI is InChI=1S/C20H22N4O3/c1-13(25)22-17-4-2-3-15(11-17)12-18-19(26)24(20(27)23-18)10-9-14-5-7-16(21)8-6-14/h2-8,11,18H,9-10,12,21H2,1H3,(H,22,25)(H,23,27). The van der Waals surface area contributed by atoms with Crippen molar-refractivity contribution in [1.82, 2.24) is 10.2 Å². The Morgan fingerprint density at radius 3 is 2.59 bits per heavy atom. The van der Waals surface area contributed by atoms with E-state index in [9.17, 15) is 14.4 Å². The summed E-state index contributed by atoms with van der Waals surface area (Å²) in [6, 6.07) is 13.6. The normalized spacial score (nSPS) is 16.3. The predicted molar refractivity (Wildman–Crippen MR) is 103 cm³/mol. The number of imide groups is 1. The molecule has 0 radical (unpaired) electrons. The van der Waals surface area contributed by atoms with E-state index in [1.807, 2.05) is 18.2 Å². The van der Waals surface area contributed by atoms with Crippen LogP contribution in [0.25, 0.3) is 0 Å². The SMILES string of the molecule is CC(=O)Nc1cccc(CC2NC(=O)N(CCc3ccc(N)cc3)C2=O)c1. The number of anilines is 2. The molecule has 1 fully saturated rings. The van der Waals surface area contributed by atoms with Crippen LogP contribution in [0, 0.1) is 0 Å². The van der Waals surface area contributed by atoms with Crippen LogP contribution in [0.2, 0.25) is 0 Å². The zero-order valence-electron chi connectivity index (χ0n) is 15.1. The molecule has 0 saturated carbocycles. The number of amides is 4. The van der Waals surface area contributed by atoms with Gasteiger partial charge in [-0.15, -0.1) is 0 Å². The van der Waals surface area contributed by atoms with Gasteiger partial charge in [0, 0.05) is 31.3 Å². The minimum absolute atomic E-state index is 0.161. The Morgan fingerprint density at radius 2 is 1.89 bits per heavy atom. The molecular weight excluding hydrogens is 344 g/mol. The van der Waals surface area contributed by atoms with Crippen molar-refractivity contribution in [3.63, 3.8) is 0 Å². The number of urea groups is 1. The Bertz CT molecular complexity index is 864. The van der Waals surface area contributed by atoms with Crippen molar-refractivity contribution in [2.75, 3.05) is 17.6 Å². The molecule has 1 atom stereocenters. The largest absolute Gasteiger partial charge is 0.399 e. The number of nitrogens with zero attached hydrogens (tertiary/aromatic N) is 1. The van der Waals surface area contributed by atoms with Crippen molar-refractivity contribution in [3.8, 4) is 0 Å². The molecule has 27 heavy (non-hydrogen) atoms. The molecule has 1 aliphatic heterocycles. The van der Waals surface area contributed by atoms with Crippen LogP contribution in [0.15, 0.2) is 48.5 Å².